The summed E-state index contributed by atoms with van der Waals surface area (Å²) in [5, 5.41) is 5.51. The van der Waals surface area contributed by atoms with Gasteiger partial charge in [-0.05, 0) is 42.7 Å². The second kappa shape index (κ2) is 6.57. The number of hydrogen-bond acceptors (Lipinski definition) is 4. The molecule has 1 amide bonds. The summed E-state index contributed by atoms with van der Waals surface area (Å²) in [5.74, 6) is -0.144. The summed E-state index contributed by atoms with van der Waals surface area (Å²) in [6.07, 6.45) is 8.91. The molecule has 0 radical (unpaired) electrons. The molecule has 4 rings (SSSR count). The maximum atomic E-state index is 12.8. The van der Waals surface area contributed by atoms with E-state index in [0.717, 1.165) is 29.0 Å². The third-order valence-electron chi connectivity index (χ3n) is 4.75. The van der Waals surface area contributed by atoms with Crippen LogP contribution in [0, 0.1) is 5.92 Å². The molecule has 0 saturated carbocycles. The number of rotatable bonds is 4. The fourth-order valence-corrected chi connectivity index (χ4v) is 5.13. The van der Waals surface area contributed by atoms with Gasteiger partial charge in [0.2, 0.25) is 0 Å². The van der Waals surface area contributed by atoms with Gasteiger partial charge < -0.3 is 0 Å². The minimum Gasteiger partial charge on any atom is -0.271 e. The smallest absolute Gasteiger partial charge is 0.265 e. The molecule has 0 fully saturated rings. The van der Waals surface area contributed by atoms with Crippen molar-refractivity contribution in [1.29, 1.82) is 0 Å². The lowest BCUT2D eigenvalue weighted by atomic mass is 9.96. The minimum atomic E-state index is -3.73. The highest BCUT2D eigenvalue weighted by atomic mass is 32.2. The van der Waals surface area contributed by atoms with Gasteiger partial charge in [-0.15, -0.1) is 0 Å². The van der Waals surface area contributed by atoms with E-state index in [-0.39, 0.29) is 11.4 Å². The summed E-state index contributed by atoms with van der Waals surface area (Å²) in [6, 6.07) is 10.5. The van der Waals surface area contributed by atoms with Gasteiger partial charge in [-0.1, -0.05) is 36.4 Å². The van der Waals surface area contributed by atoms with Crippen LogP contribution in [0.2, 0.25) is 0 Å². The Labute approximate surface area is 152 Å². The molecule has 2 aliphatic rings. The van der Waals surface area contributed by atoms with Crippen molar-refractivity contribution < 1.29 is 13.2 Å². The molecule has 134 valence electrons. The molecular weight excluding hydrogens is 350 g/mol. The zero-order valence-corrected chi connectivity index (χ0v) is 14.9. The van der Waals surface area contributed by atoms with Crippen LogP contribution in [0.3, 0.4) is 0 Å². The molecule has 0 aromatic heterocycles. The van der Waals surface area contributed by atoms with E-state index in [1.807, 2.05) is 12.1 Å². The van der Waals surface area contributed by atoms with E-state index < -0.39 is 15.9 Å². The molecule has 6 nitrogen and oxygen atoms in total. The number of sulfonamides is 1. The summed E-state index contributed by atoms with van der Waals surface area (Å²) in [6.45, 7) is -0.294. The van der Waals surface area contributed by atoms with Crippen LogP contribution in [0.4, 0.5) is 5.69 Å². The number of benzene rings is 2. The number of amides is 1. The second-order valence-electron chi connectivity index (χ2n) is 6.50. The lowest BCUT2D eigenvalue weighted by molar-refractivity contribution is -0.119. The summed E-state index contributed by atoms with van der Waals surface area (Å²) >= 11 is 0. The molecule has 7 heteroatoms. The third kappa shape index (κ3) is 2.88. The first-order valence-corrected chi connectivity index (χ1v) is 10.0. The molecule has 1 aliphatic carbocycles. The fourth-order valence-electron chi connectivity index (χ4n) is 3.46. The van der Waals surface area contributed by atoms with Gasteiger partial charge in [0.1, 0.15) is 6.54 Å². The molecule has 0 unspecified atom stereocenters. The van der Waals surface area contributed by atoms with Gasteiger partial charge in [0, 0.05) is 11.6 Å². The van der Waals surface area contributed by atoms with Crippen LogP contribution >= 0.6 is 0 Å². The highest BCUT2D eigenvalue weighted by Crippen LogP contribution is 2.41. The van der Waals surface area contributed by atoms with E-state index in [1.165, 1.54) is 0 Å². The normalized spacial score (nSPS) is 20.8. The number of carbonyl (C=O) groups excluding carboxylic acids is 1. The zero-order valence-electron chi connectivity index (χ0n) is 14.1. The van der Waals surface area contributed by atoms with Gasteiger partial charge >= 0.3 is 0 Å². The number of nitrogens with one attached hydrogen (secondary N) is 1. The zero-order chi connectivity index (χ0) is 18.1. The highest BCUT2D eigenvalue weighted by molar-refractivity contribution is 7.93. The van der Waals surface area contributed by atoms with Crippen molar-refractivity contribution in [3.8, 4) is 0 Å². The highest BCUT2D eigenvalue weighted by Gasteiger charge is 2.36. The standard InChI is InChI=1S/C19H19N3O3S/c23-18(21-20-12-14-6-2-1-3-7-14)13-22-16-10-4-8-15-9-5-11-17(19(15)16)26(22,24)25/h1-2,4-5,8-12,14H,3,6-7,13H2,(H,21,23)/b20-12-/t14-/m0/s1. The van der Waals surface area contributed by atoms with Crippen LogP contribution < -0.4 is 9.73 Å². The number of allylic oxidation sites excluding steroid dienone is 2. The van der Waals surface area contributed by atoms with Crippen LogP contribution in [0.15, 0.2) is 58.5 Å². The first-order chi connectivity index (χ1) is 12.6. The van der Waals surface area contributed by atoms with Crippen LogP contribution in [0.5, 0.6) is 0 Å². The maximum absolute atomic E-state index is 12.8. The summed E-state index contributed by atoms with van der Waals surface area (Å²) < 4.78 is 26.8. The van der Waals surface area contributed by atoms with Gasteiger partial charge in [-0.2, -0.15) is 5.10 Å². The van der Waals surface area contributed by atoms with Crippen molar-refractivity contribution >= 4 is 38.6 Å². The first kappa shape index (κ1) is 16.8. The Morgan fingerprint density at radius 1 is 1.23 bits per heavy atom. The minimum absolute atomic E-state index is 0.246. The molecular formula is C19H19N3O3S. The summed E-state index contributed by atoms with van der Waals surface area (Å²) in [5.41, 5.74) is 2.99. The van der Waals surface area contributed by atoms with Crippen LogP contribution in [-0.2, 0) is 14.8 Å². The Morgan fingerprint density at radius 3 is 2.81 bits per heavy atom. The SMILES string of the molecule is O=C(CN1c2cccc3cccc(c23)S1(=O)=O)N/N=C\[C@H]1CC=CCC1. The van der Waals surface area contributed by atoms with Crippen molar-refractivity contribution in [2.75, 3.05) is 10.8 Å². The molecule has 2 aromatic carbocycles. The Morgan fingerprint density at radius 2 is 2.04 bits per heavy atom. The quantitative estimate of drug-likeness (QED) is 0.511. The van der Waals surface area contributed by atoms with E-state index in [0.29, 0.717) is 17.0 Å². The van der Waals surface area contributed by atoms with Crippen molar-refractivity contribution in [3.05, 3.63) is 48.6 Å². The Hall–Kier alpha value is -2.67. The lowest BCUT2D eigenvalue weighted by Gasteiger charge is -2.17. The van der Waals surface area contributed by atoms with Crippen molar-refractivity contribution in [3.63, 3.8) is 0 Å². The Bertz CT molecular complexity index is 1020. The Kier molecular flexibility index (Phi) is 4.24. The second-order valence-corrected chi connectivity index (χ2v) is 8.33. The van der Waals surface area contributed by atoms with E-state index >= 15 is 0 Å². The molecule has 2 aromatic rings. The largest absolute Gasteiger partial charge is 0.271 e. The topological polar surface area (TPSA) is 78.8 Å². The predicted molar refractivity (Wildman–Crippen MR) is 102 cm³/mol. The van der Waals surface area contributed by atoms with Crippen molar-refractivity contribution in [2.45, 2.75) is 24.2 Å². The molecule has 26 heavy (non-hydrogen) atoms. The maximum Gasteiger partial charge on any atom is 0.265 e. The van der Waals surface area contributed by atoms with E-state index in [9.17, 15) is 13.2 Å². The van der Waals surface area contributed by atoms with Gasteiger partial charge in [0.15, 0.2) is 0 Å². The van der Waals surface area contributed by atoms with E-state index in [2.05, 4.69) is 22.7 Å². The first-order valence-electron chi connectivity index (χ1n) is 8.59. The van der Waals surface area contributed by atoms with E-state index in [4.69, 9.17) is 0 Å². The fraction of sp³-hybridized carbons (Fsp3) is 0.263. The average molecular weight is 369 g/mol. The monoisotopic (exact) mass is 369 g/mol. The Balaban J connectivity index is 1.52. The van der Waals surface area contributed by atoms with Crippen LogP contribution in [-0.4, -0.2) is 27.1 Å². The molecule has 0 spiro atoms. The number of anilines is 1. The van der Waals surface area contributed by atoms with Gasteiger partial charge in [0.05, 0.1) is 10.6 Å². The number of hydrazone groups is 1. The van der Waals surface area contributed by atoms with Crippen LogP contribution in [0.1, 0.15) is 19.3 Å². The summed E-state index contributed by atoms with van der Waals surface area (Å²) in [4.78, 5) is 12.5. The predicted octanol–water partition coefficient (Wildman–Crippen LogP) is 2.81. The number of nitrogens with zero attached hydrogens (tertiary/aromatic N) is 2. The molecule has 1 heterocycles. The molecule has 1 atom stereocenters. The third-order valence-corrected chi connectivity index (χ3v) is 6.55. The lowest BCUT2D eigenvalue weighted by Crippen LogP contribution is -2.37. The van der Waals surface area contributed by atoms with Crippen molar-refractivity contribution in [1.82, 2.24) is 5.43 Å². The molecule has 1 aliphatic heterocycles. The van der Waals surface area contributed by atoms with Gasteiger partial charge in [0.25, 0.3) is 15.9 Å². The average Bonchev–Trinajstić information content (AvgIpc) is 2.86. The van der Waals surface area contributed by atoms with Crippen molar-refractivity contribution in [2.24, 2.45) is 11.0 Å². The van der Waals surface area contributed by atoms with E-state index in [1.54, 1.807) is 30.5 Å². The van der Waals surface area contributed by atoms with Gasteiger partial charge in [-0.25, -0.2) is 13.8 Å². The molecule has 0 bridgehead atoms. The molecule has 1 N–H and O–H groups in total. The summed E-state index contributed by atoms with van der Waals surface area (Å²) in [7, 11) is -3.73. The van der Waals surface area contributed by atoms with Gasteiger partial charge in [-0.3, -0.25) is 9.10 Å². The molecule has 0 saturated heterocycles. The number of carbonyl (C=O) groups is 1. The van der Waals surface area contributed by atoms with Crippen LogP contribution in [0.25, 0.3) is 10.8 Å². The number of hydrogen-bond donors (Lipinski definition) is 1.